The second-order valence-corrected chi connectivity index (χ2v) is 3.54. The van der Waals surface area contributed by atoms with E-state index in [1.165, 1.54) is 4.57 Å². The minimum Gasteiger partial charge on any atom is -0.462 e. The van der Waals surface area contributed by atoms with Crippen LogP contribution in [0.5, 0.6) is 0 Å². The van der Waals surface area contributed by atoms with Crippen LogP contribution in [-0.4, -0.2) is 30.4 Å². The Bertz CT molecular complexity index is 425. The Morgan fingerprint density at radius 2 is 2.18 bits per heavy atom. The van der Waals surface area contributed by atoms with Gasteiger partial charge in [-0.15, -0.1) is 0 Å². The van der Waals surface area contributed by atoms with E-state index in [0.29, 0.717) is 18.8 Å². The lowest BCUT2D eigenvalue weighted by atomic mass is 10.3. The summed E-state index contributed by atoms with van der Waals surface area (Å²) in [6.45, 7) is 4.70. The largest absolute Gasteiger partial charge is 0.462 e. The Kier molecular flexibility index (Phi) is 5.42. The molecule has 1 aromatic heterocycles. The van der Waals surface area contributed by atoms with Gasteiger partial charge >= 0.3 is 5.97 Å². The average molecular weight is 239 g/mol. The van der Waals surface area contributed by atoms with Crippen LogP contribution < -0.4 is 5.56 Å². The van der Waals surface area contributed by atoms with Gasteiger partial charge in [0, 0.05) is 18.4 Å². The van der Waals surface area contributed by atoms with Crippen LogP contribution in [0.3, 0.4) is 0 Å². The van der Waals surface area contributed by atoms with Crippen molar-refractivity contribution in [3.05, 3.63) is 34.2 Å². The predicted molar refractivity (Wildman–Crippen MR) is 62.9 cm³/mol. The highest BCUT2D eigenvalue weighted by molar-refractivity contribution is 5.69. The molecule has 0 unspecified atom stereocenters. The minimum atomic E-state index is -0.433. The maximum Gasteiger partial charge on any atom is 0.326 e. The normalized spacial score (nSPS) is 10.2. The maximum atomic E-state index is 11.6. The molecule has 0 aliphatic rings. The van der Waals surface area contributed by atoms with Crippen LogP contribution in [0.4, 0.5) is 0 Å². The summed E-state index contributed by atoms with van der Waals surface area (Å²) in [6.07, 6.45) is 1.57. The van der Waals surface area contributed by atoms with Crippen LogP contribution in [0.15, 0.2) is 23.1 Å². The van der Waals surface area contributed by atoms with Gasteiger partial charge in [0.2, 0.25) is 0 Å². The topological polar surface area (TPSA) is 57.5 Å². The highest BCUT2D eigenvalue weighted by Gasteiger charge is 2.06. The molecule has 0 atom stereocenters. The summed E-state index contributed by atoms with van der Waals surface area (Å²) >= 11 is 0. The minimum absolute atomic E-state index is 0.0629. The zero-order valence-electron chi connectivity index (χ0n) is 10.1. The molecule has 94 valence electrons. The van der Waals surface area contributed by atoms with Crippen molar-refractivity contribution in [1.29, 1.82) is 0 Å². The first kappa shape index (κ1) is 13.4. The molecule has 1 heterocycles. The summed E-state index contributed by atoms with van der Waals surface area (Å²) in [6, 6.07) is 3.43. The van der Waals surface area contributed by atoms with Gasteiger partial charge in [-0.2, -0.15) is 0 Å². The number of carbonyl (C=O) groups is 1. The predicted octanol–water partition coefficient (Wildman–Crippen LogP) is 0.736. The Labute approximate surface area is 100.0 Å². The third-order valence-electron chi connectivity index (χ3n) is 2.20. The standard InChI is InChI=1S/C12H17NO4/c1-3-16-7-8-17-11(14)9-13-6-4-5-10(2)12(13)15/h4-6H,3,7-9H2,1-2H3. The molecule has 0 fully saturated rings. The maximum absolute atomic E-state index is 11.6. The smallest absolute Gasteiger partial charge is 0.326 e. The van der Waals surface area contributed by atoms with E-state index in [1.807, 2.05) is 6.92 Å². The van der Waals surface area contributed by atoms with Gasteiger partial charge in [0.1, 0.15) is 13.2 Å². The molecule has 0 bridgehead atoms. The summed E-state index contributed by atoms with van der Waals surface area (Å²) in [7, 11) is 0. The molecule has 0 saturated carbocycles. The van der Waals surface area contributed by atoms with E-state index in [-0.39, 0.29) is 18.7 Å². The molecule has 0 radical (unpaired) electrons. The number of nitrogens with zero attached hydrogens (tertiary/aromatic N) is 1. The van der Waals surface area contributed by atoms with Crippen molar-refractivity contribution >= 4 is 5.97 Å². The van der Waals surface area contributed by atoms with Crippen LogP contribution >= 0.6 is 0 Å². The van der Waals surface area contributed by atoms with E-state index in [4.69, 9.17) is 9.47 Å². The number of pyridine rings is 1. The van der Waals surface area contributed by atoms with E-state index in [2.05, 4.69) is 0 Å². The number of carbonyl (C=O) groups excluding carboxylic acids is 1. The fraction of sp³-hybridized carbons (Fsp3) is 0.500. The first-order valence-corrected chi connectivity index (χ1v) is 5.54. The van der Waals surface area contributed by atoms with Gasteiger partial charge in [-0.1, -0.05) is 6.07 Å². The zero-order valence-corrected chi connectivity index (χ0v) is 10.1. The second kappa shape index (κ2) is 6.85. The van der Waals surface area contributed by atoms with Gasteiger partial charge in [0.05, 0.1) is 6.61 Å². The average Bonchev–Trinajstić information content (AvgIpc) is 2.31. The van der Waals surface area contributed by atoms with E-state index >= 15 is 0 Å². The van der Waals surface area contributed by atoms with Gasteiger partial charge in [0.25, 0.3) is 5.56 Å². The molecule has 0 N–H and O–H groups in total. The van der Waals surface area contributed by atoms with Crippen molar-refractivity contribution in [1.82, 2.24) is 4.57 Å². The molecule has 0 aliphatic carbocycles. The molecule has 0 aliphatic heterocycles. The van der Waals surface area contributed by atoms with Gasteiger partial charge in [-0.3, -0.25) is 9.59 Å². The van der Waals surface area contributed by atoms with Crippen LogP contribution in [0, 0.1) is 6.92 Å². The fourth-order valence-corrected chi connectivity index (χ4v) is 1.32. The van der Waals surface area contributed by atoms with Crippen molar-refractivity contribution in [2.45, 2.75) is 20.4 Å². The Morgan fingerprint density at radius 3 is 2.88 bits per heavy atom. The van der Waals surface area contributed by atoms with Gasteiger partial charge in [-0.05, 0) is 19.9 Å². The van der Waals surface area contributed by atoms with Gasteiger partial charge in [0.15, 0.2) is 0 Å². The van der Waals surface area contributed by atoms with E-state index in [0.717, 1.165) is 0 Å². The second-order valence-electron chi connectivity index (χ2n) is 3.54. The summed E-state index contributed by atoms with van der Waals surface area (Å²) in [5.41, 5.74) is 0.434. The molecule has 0 amide bonds. The molecule has 1 rings (SSSR count). The fourth-order valence-electron chi connectivity index (χ4n) is 1.32. The highest BCUT2D eigenvalue weighted by atomic mass is 16.6. The van der Waals surface area contributed by atoms with E-state index in [9.17, 15) is 9.59 Å². The molecule has 0 aromatic carbocycles. The lowest BCUT2D eigenvalue weighted by molar-refractivity contribution is -0.145. The zero-order chi connectivity index (χ0) is 12.7. The molecule has 5 heteroatoms. The third kappa shape index (κ3) is 4.40. The molecular formula is C12H17NO4. The highest BCUT2D eigenvalue weighted by Crippen LogP contribution is 1.91. The van der Waals surface area contributed by atoms with Crippen molar-refractivity contribution in [2.24, 2.45) is 0 Å². The summed E-state index contributed by atoms with van der Waals surface area (Å²) < 4.78 is 11.3. The monoisotopic (exact) mass is 239 g/mol. The van der Waals surface area contributed by atoms with Crippen LogP contribution in [0.25, 0.3) is 0 Å². The SMILES string of the molecule is CCOCCOC(=O)Cn1cccc(C)c1=O. The van der Waals surface area contributed by atoms with Crippen molar-refractivity contribution in [3.8, 4) is 0 Å². The molecule has 0 saturated heterocycles. The number of esters is 1. The number of aryl methyl sites for hydroxylation is 1. The third-order valence-corrected chi connectivity index (χ3v) is 2.20. The number of hydrogen-bond acceptors (Lipinski definition) is 4. The number of hydrogen-bond donors (Lipinski definition) is 0. The van der Waals surface area contributed by atoms with Crippen molar-refractivity contribution < 1.29 is 14.3 Å². The van der Waals surface area contributed by atoms with Crippen molar-refractivity contribution in [2.75, 3.05) is 19.8 Å². The Morgan fingerprint density at radius 1 is 1.41 bits per heavy atom. The molecule has 1 aromatic rings. The summed E-state index contributed by atoms with van der Waals surface area (Å²) in [5, 5.41) is 0. The van der Waals surface area contributed by atoms with Crippen LogP contribution in [0.2, 0.25) is 0 Å². The van der Waals surface area contributed by atoms with E-state index in [1.54, 1.807) is 25.3 Å². The summed E-state index contributed by atoms with van der Waals surface area (Å²) in [4.78, 5) is 23.0. The Balaban J connectivity index is 2.46. The first-order valence-electron chi connectivity index (χ1n) is 5.54. The number of rotatable bonds is 6. The summed E-state index contributed by atoms with van der Waals surface area (Å²) in [5.74, 6) is -0.433. The molecule has 0 spiro atoms. The molecule has 5 nitrogen and oxygen atoms in total. The quantitative estimate of drug-likeness (QED) is 0.542. The molecule has 17 heavy (non-hydrogen) atoms. The lowest BCUT2D eigenvalue weighted by Crippen LogP contribution is -2.26. The first-order chi connectivity index (χ1) is 8.15. The van der Waals surface area contributed by atoms with Gasteiger partial charge < -0.3 is 14.0 Å². The van der Waals surface area contributed by atoms with Crippen molar-refractivity contribution in [3.63, 3.8) is 0 Å². The van der Waals surface area contributed by atoms with Gasteiger partial charge in [-0.25, -0.2) is 0 Å². The van der Waals surface area contributed by atoms with Crippen LogP contribution in [-0.2, 0) is 20.8 Å². The molecular weight excluding hydrogens is 222 g/mol. The number of aromatic nitrogens is 1. The van der Waals surface area contributed by atoms with Crippen LogP contribution in [0.1, 0.15) is 12.5 Å². The number of ether oxygens (including phenoxy) is 2. The Hall–Kier alpha value is -1.62. The lowest BCUT2D eigenvalue weighted by Gasteiger charge is -2.07. The van der Waals surface area contributed by atoms with E-state index < -0.39 is 5.97 Å².